The molecule has 17 heavy (non-hydrogen) atoms. The second kappa shape index (κ2) is 3.57. The summed E-state index contributed by atoms with van der Waals surface area (Å²) in [6, 6.07) is 4.54. The van der Waals surface area contributed by atoms with Crippen LogP contribution in [-0.4, -0.2) is 48.3 Å². The van der Waals surface area contributed by atoms with Crippen molar-refractivity contribution in [1.29, 1.82) is 0 Å². The molecular weight excluding hydrogens is 214 g/mol. The van der Waals surface area contributed by atoms with Crippen LogP contribution in [0, 0.1) is 5.41 Å². The van der Waals surface area contributed by atoms with Crippen LogP contribution in [-0.2, 0) is 0 Å². The molecule has 1 aromatic heterocycles. The Morgan fingerprint density at radius 3 is 2.53 bits per heavy atom. The molecule has 0 bridgehead atoms. The van der Waals surface area contributed by atoms with Crippen molar-refractivity contribution in [1.82, 2.24) is 15.1 Å². The molecule has 5 nitrogen and oxygen atoms in total. The third-order valence-electron chi connectivity index (χ3n) is 4.12. The van der Waals surface area contributed by atoms with Crippen molar-refractivity contribution >= 4 is 11.6 Å². The first-order chi connectivity index (χ1) is 8.08. The van der Waals surface area contributed by atoms with E-state index in [9.17, 15) is 0 Å². The lowest BCUT2D eigenvalue weighted by molar-refractivity contribution is 0.000870. The minimum Gasteiger partial charge on any atom is -0.382 e. The number of hydrogen-bond acceptors (Lipinski definition) is 5. The predicted octanol–water partition coefficient (Wildman–Crippen LogP) is 0.589. The highest BCUT2D eigenvalue weighted by Crippen LogP contribution is 2.50. The average Bonchev–Trinajstić information content (AvgIpc) is 2.15. The molecule has 1 aliphatic heterocycles. The lowest BCUT2D eigenvalue weighted by Gasteiger charge is -2.60. The molecule has 0 atom stereocenters. The minimum absolute atomic E-state index is 0.486. The molecule has 1 saturated carbocycles. The molecule has 0 amide bonds. The van der Waals surface area contributed by atoms with E-state index in [1.54, 1.807) is 0 Å². The molecule has 1 spiro atoms. The Morgan fingerprint density at radius 1 is 1.29 bits per heavy atom. The van der Waals surface area contributed by atoms with Gasteiger partial charge >= 0.3 is 0 Å². The van der Waals surface area contributed by atoms with Crippen LogP contribution in [0.3, 0.4) is 0 Å². The zero-order valence-electron chi connectivity index (χ0n) is 10.4. The summed E-state index contributed by atoms with van der Waals surface area (Å²) in [6.45, 7) is 2.24. The van der Waals surface area contributed by atoms with Crippen LogP contribution >= 0.6 is 0 Å². The fraction of sp³-hybridized carbons (Fsp3) is 0.667. The highest BCUT2D eigenvalue weighted by atomic mass is 15.3. The van der Waals surface area contributed by atoms with E-state index in [0.29, 0.717) is 11.2 Å². The molecule has 1 saturated heterocycles. The lowest BCUT2D eigenvalue weighted by atomic mass is 9.60. The first-order valence-corrected chi connectivity index (χ1v) is 6.09. The van der Waals surface area contributed by atoms with Gasteiger partial charge in [0.25, 0.3) is 0 Å². The maximum absolute atomic E-state index is 5.53. The number of anilines is 2. The van der Waals surface area contributed by atoms with Crippen LogP contribution in [0.4, 0.5) is 11.6 Å². The van der Waals surface area contributed by atoms with E-state index in [-0.39, 0.29) is 0 Å². The first-order valence-electron chi connectivity index (χ1n) is 6.09. The third kappa shape index (κ3) is 1.74. The molecule has 5 heteroatoms. The maximum Gasteiger partial charge on any atom is 0.151 e. The Kier molecular flexibility index (Phi) is 2.26. The SMILES string of the molecule is CN(C)C1CC2(C1)CN(c1ccc(N)nn1)C2. The van der Waals surface area contributed by atoms with Gasteiger partial charge in [-0.05, 0) is 39.1 Å². The monoisotopic (exact) mass is 233 g/mol. The van der Waals surface area contributed by atoms with Crippen molar-refractivity contribution in [3.05, 3.63) is 12.1 Å². The van der Waals surface area contributed by atoms with Crippen LogP contribution in [0.25, 0.3) is 0 Å². The van der Waals surface area contributed by atoms with Gasteiger partial charge in [0.2, 0.25) is 0 Å². The summed E-state index contributed by atoms with van der Waals surface area (Å²) < 4.78 is 0. The number of nitrogens with zero attached hydrogens (tertiary/aromatic N) is 4. The molecule has 0 unspecified atom stereocenters. The van der Waals surface area contributed by atoms with Crippen LogP contribution in [0.15, 0.2) is 12.1 Å². The quantitative estimate of drug-likeness (QED) is 0.810. The zero-order chi connectivity index (χ0) is 12.0. The van der Waals surface area contributed by atoms with Gasteiger partial charge in [0, 0.05) is 24.5 Å². The fourth-order valence-electron chi connectivity index (χ4n) is 2.99. The molecule has 2 aliphatic rings. The van der Waals surface area contributed by atoms with E-state index < -0.39 is 0 Å². The number of rotatable bonds is 2. The summed E-state index contributed by atoms with van der Waals surface area (Å²) in [5.74, 6) is 1.44. The molecule has 2 N–H and O–H groups in total. The van der Waals surface area contributed by atoms with Crippen molar-refractivity contribution in [3.8, 4) is 0 Å². The molecule has 2 heterocycles. The number of nitrogens with two attached hydrogens (primary N) is 1. The molecule has 1 aromatic rings. The summed E-state index contributed by atoms with van der Waals surface area (Å²) in [4.78, 5) is 4.62. The summed E-state index contributed by atoms with van der Waals surface area (Å²) in [5, 5.41) is 8.01. The molecule has 92 valence electrons. The van der Waals surface area contributed by atoms with Crippen LogP contribution < -0.4 is 10.6 Å². The number of aromatic nitrogens is 2. The summed E-state index contributed by atoms with van der Waals surface area (Å²) in [6.07, 6.45) is 2.64. The van der Waals surface area contributed by atoms with Crippen molar-refractivity contribution in [2.24, 2.45) is 5.41 Å². The van der Waals surface area contributed by atoms with Gasteiger partial charge in [-0.1, -0.05) is 0 Å². The van der Waals surface area contributed by atoms with Gasteiger partial charge in [-0.2, -0.15) is 0 Å². The van der Waals surface area contributed by atoms with Gasteiger partial charge in [0.1, 0.15) is 5.82 Å². The number of nitrogen functional groups attached to an aromatic ring is 1. The summed E-state index contributed by atoms with van der Waals surface area (Å²) >= 11 is 0. The zero-order valence-corrected chi connectivity index (χ0v) is 10.4. The standard InChI is InChI=1S/C12H19N5/c1-16(2)9-5-12(6-9)7-17(8-12)11-4-3-10(13)14-15-11/h3-4,9H,5-8H2,1-2H3,(H2,13,14). The Bertz CT molecular complexity index is 399. The van der Waals surface area contributed by atoms with Gasteiger partial charge < -0.3 is 15.5 Å². The highest BCUT2D eigenvalue weighted by molar-refractivity contribution is 5.45. The van der Waals surface area contributed by atoms with E-state index in [4.69, 9.17) is 5.73 Å². The van der Waals surface area contributed by atoms with E-state index in [2.05, 4.69) is 34.1 Å². The predicted molar refractivity (Wildman–Crippen MR) is 67.8 cm³/mol. The fourth-order valence-corrected chi connectivity index (χ4v) is 2.99. The maximum atomic E-state index is 5.53. The molecular formula is C12H19N5. The van der Waals surface area contributed by atoms with Crippen LogP contribution in [0.2, 0.25) is 0 Å². The van der Waals surface area contributed by atoms with E-state index >= 15 is 0 Å². The van der Waals surface area contributed by atoms with Crippen molar-refractivity contribution < 1.29 is 0 Å². The average molecular weight is 233 g/mol. The van der Waals surface area contributed by atoms with Crippen LogP contribution in [0.5, 0.6) is 0 Å². The Morgan fingerprint density at radius 2 is 2.00 bits per heavy atom. The van der Waals surface area contributed by atoms with Gasteiger partial charge in [0.15, 0.2) is 5.82 Å². The Labute approximate surface area is 102 Å². The highest BCUT2D eigenvalue weighted by Gasteiger charge is 2.53. The molecule has 0 radical (unpaired) electrons. The first kappa shape index (κ1) is 10.8. The second-order valence-electron chi connectivity index (χ2n) is 5.70. The van der Waals surface area contributed by atoms with Gasteiger partial charge in [-0.25, -0.2) is 0 Å². The van der Waals surface area contributed by atoms with Gasteiger partial charge in [-0.3, -0.25) is 0 Å². The normalized spacial score (nSPS) is 22.6. The molecule has 2 fully saturated rings. The Hall–Kier alpha value is -1.36. The minimum atomic E-state index is 0.486. The van der Waals surface area contributed by atoms with Gasteiger partial charge in [-0.15, -0.1) is 10.2 Å². The third-order valence-corrected chi connectivity index (χ3v) is 4.12. The van der Waals surface area contributed by atoms with Gasteiger partial charge in [0.05, 0.1) is 0 Å². The van der Waals surface area contributed by atoms with E-state index in [0.717, 1.165) is 24.9 Å². The Balaban J connectivity index is 1.57. The van der Waals surface area contributed by atoms with Crippen LogP contribution in [0.1, 0.15) is 12.8 Å². The lowest BCUT2D eigenvalue weighted by Crippen LogP contribution is -2.66. The molecule has 0 aromatic carbocycles. The second-order valence-corrected chi connectivity index (χ2v) is 5.70. The summed E-state index contributed by atoms with van der Waals surface area (Å²) in [7, 11) is 4.33. The molecule has 1 aliphatic carbocycles. The number of hydrogen-bond donors (Lipinski definition) is 1. The topological polar surface area (TPSA) is 58.3 Å². The van der Waals surface area contributed by atoms with Crippen molar-refractivity contribution in [3.63, 3.8) is 0 Å². The largest absolute Gasteiger partial charge is 0.382 e. The smallest absolute Gasteiger partial charge is 0.151 e. The molecule has 3 rings (SSSR count). The van der Waals surface area contributed by atoms with E-state index in [1.165, 1.54) is 12.8 Å². The summed E-state index contributed by atoms with van der Waals surface area (Å²) in [5.41, 5.74) is 6.08. The van der Waals surface area contributed by atoms with Crippen molar-refractivity contribution in [2.45, 2.75) is 18.9 Å². The van der Waals surface area contributed by atoms with E-state index in [1.807, 2.05) is 12.1 Å². The van der Waals surface area contributed by atoms with Crippen molar-refractivity contribution in [2.75, 3.05) is 37.8 Å².